The minimum absolute atomic E-state index is 0.0605. The normalized spacial score (nSPS) is 12.1. The molecule has 0 aliphatic heterocycles. The Morgan fingerprint density at radius 1 is 1.14 bits per heavy atom. The van der Waals surface area contributed by atoms with Crippen LogP contribution in [0.4, 0.5) is 26.4 Å². The lowest BCUT2D eigenvalue weighted by atomic mass is 10.2. The van der Waals surface area contributed by atoms with Gasteiger partial charge in [0.1, 0.15) is 23.3 Å². The van der Waals surface area contributed by atoms with Crippen molar-refractivity contribution in [2.75, 3.05) is 10.6 Å². The maximum absolute atomic E-state index is 14.0. The van der Waals surface area contributed by atoms with Crippen LogP contribution in [0.3, 0.4) is 0 Å². The fourth-order valence-electron chi connectivity index (χ4n) is 2.73. The van der Waals surface area contributed by atoms with Crippen molar-refractivity contribution in [2.24, 2.45) is 7.05 Å². The monoisotopic (exact) mass is 382 g/mol. The maximum atomic E-state index is 14.0. The molecule has 142 valence electrons. The van der Waals surface area contributed by atoms with Crippen molar-refractivity contribution in [2.45, 2.75) is 13.0 Å². The van der Waals surface area contributed by atoms with E-state index in [2.05, 4.69) is 35.6 Å². The molecule has 0 saturated carbocycles. The first-order valence-corrected chi connectivity index (χ1v) is 8.45. The van der Waals surface area contributed by atoms with E-state index in [1.807, 2.05) is 13.1 Å². The van der Waals surface area contributed by atoms with Crippen LogP contribution in [0.2, 0.25) is 0 Å². The number of nitrogens with one attached hydrogen (secondary N) is 2. The standard InChI is InChI=1S/C18H16F2N8/c1-10(15-13(20)6-11(19)7-22-15)24-18-26-16-12(4-3-5-21-16)17(27-18)25-14-8-28(2)9-23-14/h3-10H,1-2H3,(H2,21,24,25,26,27)/t10-/m0/s1. The van der Waals surface area contributed by atoms with E-state index in [1.165, 1.54) is 0 Å². The van der Waals surface area contributed by atoms with Crippen molar-refractivity contribution in [3.8, 4) is 0 Å². The highest BCUT2D eigenvalue weighted by molar-refractivity contribution is 5.88. The number of imidazole rings is 1. The highest BCUT2D eigenvalue weighted by atomic mass is 19.1. The Bertz CT molecular complexity index is 1140. The highest BCUT2D eigenvalue weighted by Gasteiger charge is 2.16. The Morgan fingerprint density at radius 3 is 2.75 bits per heavy atom. The average molecular weight is 382 g/mol. The van der Waals surface area contributed by atoms with Gasteiger partial charge >= 0.3 is 0 Å². The SMILES string of the molecule is C[C@H](Nc1nc(Nc2cn(C)cn2)c2cccnc2n1)c1ncc(F)cc1F. The van der Waals surface area contributed by atoms with E-state index < -0.39 is 17.7 Å². The molecule has 0 saturated heterocycles. The minimum atomic E-state index is -0.745. The minimum Gasteiger partial charge on any atom is -0.346 e. The van der Waals surface area contributed by atoms with Crippen LogP contribution < -0.4 is 10.6 Å². The molecule has 0 amide bonds. The molecule has 1 atom stereocenters. The molecule has 4 heterocycles. The van der Waals surface area contributed by atoms with Crippen molar-refractivity contribution < 1.29 is 8.78 Å². The second-order valence-electron chi connectivity index (χ2n) is 6.21. The summed E-state index contributed by atoms with van der Waals surface area (Å²) in [5, 5.41) is 6.83. The predicted octanol–water partition coefficient (Wildman–Crippen LogP) is 3.35. The summed E-state index contributed by atoms with van der Waals surface area (Å²) in [7, 11) is 1.86. The lowest BCUT2D eigenvalue weighted by molar-refractivity contribution is 0.550. The molecular weight excluding hydrogens is 366 g/mol. The number of halogens is 2. The summed E-state index contributed by atoms with van der Waals surface area (Å²) in [6.45, 7) is 1.68. The first-order chi connectivity index (χ1) is 13.5. The zero-order chi connectivity index (χ0) is 19.7. The first-order valence-electron chi connectivity index (χ1n) is 8.45. The van der Waals surface area contributed by atoms with Gasteiger partial charge in [0.15, 0.2) is 5.65 Å². The summed E-state index contributed by atoms with van der Waals surface area (Å²) in [6.07, 6.45) is 6.05. The Kier molecular flexibility index (Phi) is 4.52. The van der Waals surface area contributed by atoms with E-state index in [4.69, 9.17) is 0 Å². The molecule has 8 nitrogen and oxygen atoms in total. The molecule has 2 N–H and O–H groups in total. The van der Waals surface area contributed by atoms with Gasteiger partial charge in [0.05, 0.1) is 29.6 Å². The van der Waals surface area contributed by atoms with Crippen LogP contribution in [0, 0.1) is 11.6 Å². The van der Waals surface area contributed by atoms with Gasteiger partial charge < -0.3 is 15.2 Å². The van der Waals surface area contributed by atoms with Gasteiger partial charge in [0, 0.05) is 25.5 Å². The van der Waals surface area contributed by atoms with Gasteiger partial charge in [0.25, 0.3) is 0 Å². The van der Waals surface area contributed by atoms with Crippen LogP contribution in [0.1, 0.15) is 18.7 Å². The largest absolute Gasteiger partial charge is 0.346 e. The van der Waals surface area contributed by atoms with E-state index in [0.717, 1.165) is 12.3 Å². The Labute approximate surface area is 158 Å². The second kappa shape index (κ2) is 7.14. The summed E-state index contributed by atoms with van der Waals surface area (Å²) in [4.78, 5) is 21.2. The number of aromatic nitrogens is 6. The zero-order valence-electron chi connectivity index (χ0n) is 15.1. The van der Waals surface area contributed by atoms with Gasteiger partial charge in [-0.1, -0.05) is 0 Å². The fourth-order valence-corrected chi connectivity index (χ4v) is 2.73. The molecular formula is C18H16F2N8. The van der Waals surface area contributed by atoms with Gasteiger partial charge in [-0.05, 0) is 19.1 Å². The predicted molar refractivity (Wildman–Crippen MR) is 100 cm³/mol. The number of nitrogens with zero attached hydrogens (tertiary/aromatic N) is 6. The molecule has 4 aromatic rings. The van der Waals surface area contributed by atoms with Gasteiger partial charge in [-0.2, -0.15) is 9.97 Å². The molecule has 4 rings (SSSR count). The van der Waals surface area contributed by atoms with Crippen LogP contribution >= 0.6 is 0 Å². The molecule has 0 aromatic carbocycles. The molecule has 0 radical (unpaired) electrons. The lowest BCUT2D eigenvalue weighted by Gasteiger charge is -2.15. The smallest absolute Gasteiger partial charge is 0.227 e. The third kappa shape index (κ3) is 3.56. The third-order valence-electron chi connectivity index (χ3n) is 4.01. The summed E-state index contributed by atoms with van der Waals surface area (Å²) >= 11 is 0. The van der Waals surface area contributed by atoms with Crippen LogP contribution in [0.5, 0.6) is 0 Å². The molecule has 0 aliphatic rings. The maximum Gasteiger partial charge on any atom is 0.227 e. The van der Waals surface area contributed by atoms with Crippen LogP contribution in [-0.4, -0.2) is 29.5 Å². The fraction of sp³-hybridized carbons (Fsp3) is 0.167. The van der Waals surface area contributed by atoms with Gasteiger partial charge in [-0.25, -0.2) is 18.7 Å². The zero-order valence-corrected chi connectivity index (χ0v) is 15.1. The second-order valence-corrected chi connectivity index (χ2v) is 6.21. The van der Waals surface area contributed by atoms with Crippen LogP contribution in [0.15, 0.2) is 43.1 Å². The first kappa shape index (κ1) is 17.7. The average Bonchev–Trinajstić information content (AvgIpc) is 3.06. The van der Waals surface area contributed by atoms with E-state index in [1.54, 1.807) is 36.3 Å². The summed E-state index contributed by atoms with van der Waals surface area (Å²) in [6, 6.07) is 3.81. The number of rotatable bonds is 5. The molecule has 28 heavy (non-hydrogen) atoms. The van der Waals surface area contributed by atoms with E-state index in [-0.39, 0.29) is 11.6 Å². The number of fused-ring (bicyclic) bond motifs is 1. The highest BCUT2D eigenvalue weighted by Crippen LogP contribution is 2.25. The number of hydrogen-bond donors (Lipinski definition) is 2. The van der Waals surface area contributed by atoms with Gasteiger partial charge in [0.2, 0.25) is 5.95 Å². The number of anilines is 3. The third-order valence-corrected chi connectivity index (χ3v) is 4.01. The van der Waals surface area contributed by atoms with E-state index >= 15 is 0 Å². The van der Waals surface area contributed by atoms with Crippen molar-refractivity contribution >= 4 is 28.6 Å². The molecule has 0 fully saturated rings. The Morgan fingerprint density at radius 2 is 2.00 bits per heavy atom. The topological polar surface area (TPSA) is 93.4 Å². The van der Waals surface area contributed by atoms with Crippen LogP contribution in [0.25, 0.3) is 11.0 Å². The molecule has 10 heteroatoms. The molecule has 4 aromatic heterocycles. The van der Waals surface area contributed by atoms with Gasteiger partial charge in [-0.3, -0.25) is 4.98 Å². The molecule has 0 aliphatic carbocycles. The molecule has 0 spiro atoms. The molecule has 0 bridgehead atoms. The van der Waals surface area contributed by atoms with E-state index in [0.29, 0.717) is 22.7 Å². The number of hydrogen-bond acceptors (Lipinski definition) is 7. The van der Waals surface area contributed by atoms with Crippen LogP contribution in [-0.2, 0) is 7.05 Å². The summed E-state index contributed by atoms with van der Waals surface area (Å²) in [5.74, 6) is -0.148. The number of pyridine rings is 2. The quantitative estimate of drug-likeness (QED) is 0.547. The lowest BCUT2D eigenvalue weighted by Crippen LogP contribution is -2.14. The van der Waals surface area contributed by atoms with Gasteiger partial charge in [-0.15, -0.1) is 0 Å². The number of aryl methyl sites for hydroxylation is 1. The van der Waals surface area contributed by atoms with Crippen molar-refractivity contribution in [1.82, 2.24) is 29.5 Å². The van der Waals surface area contributed by atoms with E-state index in [9.17, 15) is 8.78 Å². The van der Waals surface area contributed by atoms with Crippen molar-refractivity contribution in [1.29, 1.82) is 0 Å². The Balaban J connectivity index is 1.69. The summed E-state index contributed by atoms with van der Waals surface area (Å²) in [5.41, 5.74) is 0.517. The van der Waals surface area contributed by atoms with Crippen molar-refractivity contribution in [3.63, 3.8) is 0 Å². The van der Waals surface area contributed by atoms with Crippen molar-refractivity contribution in [3.05, 3.63) is 60.4 Å². The summed E-state index contributed by atoms with van der Waals surface area (Å²) < 4.78 is 28.9. The molecule has 0 unspecified atom stereocenters. The Hall–Kier alpha value is -3.69.